The van der Waals surface area contributed by atoms with Crippen molar-refractivity contribution in [1.82, 2.24) is 24.6 Å². The lowest BCUT2D eigenvalue weighted by Crippen LogP contribution is -1.97. The smallest absolute Gasteiger partial charge is 0.253 e. The van der Waals surface area contributed by atoms with Gasteiger partial charge in [-0.1, -0.05) is 17.8 Å². The van der Waals surface area contributed by atoms with Crippen LogP contribution in [0, 0.1) is 13.8 Å². The van der Waals surface area contributed by atoms with Gasteiger partial charge in [0.05, 0.1) is 5.69 Å². The number of rotatable bonds is 3. The molecule has 0 aliphatic carbocycles. The molecule has 3 aromatic rings. The van der Waals surface area contributed by atoms with Gasteiger partial charge in [-0.15, -0.1) is 5.10 Å². The molecule has 0 aliphatic heterocycles. The largest absolute Gasteiger partial charge is 0.260 e. The molecule has 0 N–H and O–H groups in total. The molecule has 96 valence electrons. The van der Waals surface area contributed by atoms with Gasteiger partial charge in [-0.3, -0.25) is 4.98 Å². The molecule has 3 heterocycles. The van der Waals surface area contributed by atoms with Crippen molar-refractivity contribution >= 4 is 17.5 Å². The predicted octanol–water partition coefficient (Wildman–Crippen LogP) is 2.43. The third-order valence-electron chi connectivity index (χ3n) is 2.67. The lowest BCUT2D eigenvalue weighted by Gasteiger charge is -1.97. The average molecular weight is 271 g/mol. The predicted molar refractivity (Wildman–Crippen MR) is 74.1 cm³/mol. The van der Waals surface area contributed by atoms with E-state index in [0.29, 0.717) is 5.78 Å². The summed E-state index contributed by atoms with van der Waals surface area (Å²) >= 11 is 1.57. The summed E-state index contributed by atoms with van der Waals surface area (Å²) in [5, 5.41) is 5.18. The Labute approximate surface area is 115 Å². The number of thioether (sulfide) groups is 1. The van der Waals surface area contributed by atoms with Gasteiger partial charge in [0.15, 0.2) is 0 Å². The van der Waals surface area contributed by atoms with Crippen LogP contribution in [0.3, 0.4) is 0 Å². The van der Waals surface area contributed by atoms with Crippen LogP contribution < -0.4 is 0 Å². The first-order valence-corrected chi connectivity index (χ1v) is 6.95. The monoisotopic (exact) mass is 271 g/mol. The molecule has 5 nitrogen and oxygen atoms in total. The van der Waals surface area contributed by atoms with E-state index in [1.165, 1.54) is 0 Å². The maximum absolute atomic E-state index is 4.45. The van der Waals surface area contributed by atoms with Crippen molar-refractivity contribution in [2.75, 3.05) is 0 Å². The fourth-order valence-corrected chi connectivity index (χ4v) is 2.56. The highest BCUT2D eigenvalue weighted by Gasteiger charge is 2.08. The van der Waals surface area contributed by atoms with Gasteiger partial charge in [-0.05, 0) is 32.0 Å². The van der Waals surface area contributed by atoms with E-state index >= 15 is 0 Å². The van der Waals surface area contributed by atoms with Crippen molar-refractivity contribution in [3.8, 4) is 0 Å². The van der Waals surface area contributed by atoms with Crippen LogP contribution in [-0.4, -0.2) is 24.6 Å². The Morgan fingerprint density at radius 3 is 2.89 bits per heavy atom. The highest BCUT2D eigenvalue weighted by Crippen LogP contribution is 2.19. The van der Waals surface area contributed by atoms with E-state index < -0.39 is 0 Å². The maximum Gasteiger partial charge on any atom is 0.253 e. The van der Waals surface area contributed by atoms with Crippen LogP contribution in [0.4, 0.5) is 0 Å². The second-order valence-electron chi connectivity index (χ2n) is 4.25. The summed E-state index contributed by atoms with van der Waals surface area (Å²) in [6, 6.07) is 7.88. The van der Waals surface area contributed by atoms with Crippen LogP contribution in [0.25, 0.3) is 5.78 Å². The van der Waals surface area contributed by atoms with E-state index in [4.69, 9.17) is 0 Å². The van der Waals surface area contributed by atoms with Crippen LogP contribution in [0.1, 0.15) is 17.1 Å². The fourth-order valence-electron chi connectivity index (χ4n) is 1.83. The van der Waals surface area contributed by atoms with E-state index in [0.717, 1.165) is 28.0 Å². The van der Waals surface area contributed by atoms with Gasteiger partial charge in [0.25, 0.3) is 5.78 Å². The highest BCUT2D eigenvalue weighted by molar-refractivity contribution is 7.98. The van der Waals surface area contributed by atoms with Crippen LogP contribution in [-0.2, 0) is 5.75 Å². The molecule has 0 unspecified atom stereocenters. The number of fused-ring (bicyclic) bond motifs is 1. The molecule has 6 heteroatoms. The summed E-state index contributed by atoms with van der Waals surface area (Å²) in [5.74, 6) is 1.41. The van der Waals surface area contributed by atoms with E-state index in [1.54, 1.807) is 22.5 Å². The van der Waals surface area contributed by atoms with E-state index in [2.05, 4.69) is 20.1 Å². The van der Waals surface area contributed by atoms with E-state index in [1.807, 2.05) is 38.1 Å². The molecule has 3 rings (SSSR count). The summed E-state index contributed by atoms with van der Waals surface area (Å²) in [6.07, 6.45) is 1.79. The Morgan fingerprint density at radius 2 is 2.11 bits per heavy atom. The molecule has 0 saturated heterocycles. The maximum atomic E-state index is 4.45. The Bertz CT molecular complexity index is 708. The van der Waals surface area contributed by atoms with Crippen molar-refractivity contribution in [3.63, 3.8) is 0 Å². The molecule has 3 aromatic heterocycles. The minimum absolute atomic E-state index is 0.654. The van der Waals surface area contributed by atoms with Gasteiger partial charge >= 0.3 is 0 Å². The number of nitrogens with zero attached hydrogens (tertiary/aromatic N) is 5. The number of aryl methyl sites for hydroxylation is 2. The SMILES string of the molecule is Cc1cc(C)n2nc(SCc3ccccn3)nc2n1. The molecule has 0 spiro atoms. The molecule has 0 aliphatic rings. The summed E-state index contributed by atoms with van der Waals surface area (Å²) in [7, 11) is 0. The van der Waals surface area contributed by atoms with Gasteiger partial charge in [-0.25, -0.2) is 9.50 Å². The van der Waals surface area contributed by atoms with Crippen LogP contribution >= 0.6 is 11.8 Å². The van der Waals surface area contributed by atoms with Crippen LogP contribution in [0.5, 0.6) is 0 Å². The first-order chi connectivity index (χ1) is 9.22. The molecule has 0 atom stereocenters. The molecule has 0 radical (unpaired) electrons. The fraction of sp³-hybridized carbons (Fsp3) is 0.231. The van der Waals surface area contributed by atoms with Gasteiger partial charge in [0, 0.05) is 23.3 Å². The summed E-state index contributed by atoms with van der Waals surface area (Å²) in [6.45, 7) is 3.96. The highest BCUT2D eigenvalue weighted by atomic mass is 32.2. The lowest BCUT2D eigenvalue weighted by atomic mass is 10.4. The van der Waals surface area contributed by atoms with Gasteiger partial charge in [-0.2, -0.15) is 4.98 Å². The number of hydrogen-bond donors (Lipinski definition) is 0. The summed E-state index contributed by atoms with van der Waals surface area (Å²) in [5.41, 5.74) is 3.02. The zero-order chi connectivity index (χ0) is 13.2. The van der Waals surface area contributed by atoms with Crippen molar-refractivity contribution in [3.05, 3.63) is 47.5 Å². The number of pyridine rings is 1. The Balaban J connectivity index is 1.84. The second kappa shape index (κ2) is 4.97. The standard InChI is InChI=1S/C13H13N5S/c1-9-7-10(2)18-12(15-9)16-13(17-18)19-8-11-5-3-4-6-14-11/h3-7H,8H2,1-2H3. The Hall–Kier alpha value is -1.95. The van der Waals surface area contributed by atoms with Crippen molar-refractivity contribution in [2.24, 2.45) is 0 Å². The van der Waals surface area contributed by atoms with Crippen LogP contribution in [0.2, 0.25) is 0 Å². The zero-order valence-corrected chi connectivity index (χ0v) is 11.6. The normalized spacial score (nSPS) is 11.1. The molecule has 19 heavy (non-hydrogen) atoms. The molecule has 0 bridgehead atoms. The molecular weight excluding hydrogens is 258 g/mol. The van der Waals surface area contributed by atoms with E-state index in [-0.39, 0.29) is 0 Å². The minimum atomic E-state index is 0.654. The minimum Gasteiger partial charge on any atom is -0.260 e. The second-order valence-corrected chi connectivity index (χ2v) is 5.20. The Kier molecular flexibility index (Phi) is 3.16. The quantitative estimate of drug-likeness (QED) is 0.685. The third kappa shape index (κ3) is 2.58. The van der Waals surface area contributed by atoms with Crippen molar-refractivity contribution in [1.29, 1.82) is 0 Å². The third-order valence-corrected chi connectivity index (χ3v) is 3.55. The van der Waals surface area contributed by atoms with E-state index in [9.17, 15) is 0 Å². The van der Waals surface area contributed by atoms with Crippen molar-refractivity contribution in [2.45, 2.75) is 24.8 Å². The average Bonchev–Trinajstić information content (AvgIpc) is 2.81. The first-order valence-electron chi connectivity index (χ1n) is 5.96. The summed E-state index contributed by atoms with van der Waals surface area (Å²) in [4.78, 5) is 13.1. The molecule has 0 aromatic carbocycles. The summed E-state index contributed by atoms with van der Waals surface area (Å²) < 4.78 is 1.77. The number of aromatic nitrogens is 5. The molecule has 0 amide bonds. The zero-order valence-electron chi connectivity index (χ0n) is 10.7. The molecule has 0 saturated carbocycles. The number of hydrogen-bond acceptors (Lipinski definition) is 5. The van der Waals surface area contributed by atoms with Crippen molar-refractivity contribution < 1.29 is 0 Å². The molecule has 0 fully saturated rings. The van der Waals surface area contributed by atoms with Gasteiger partial charge in [0.2, 0.25) is 5.16 Å². The lowest BCUT2D eigenvalue weighted by molar-refractivity contribution is 0.843. The molecular formula is C13H13N5S. The first kappa shape index (κ1) is 12.1. The topological polar surface area (TPSA) is 56.0 Å². The Morgan fingerprint density at radius 1 is 1.21 bits per heavy atom. The van der Waals surface area contributed by atoms with Gasteiger partial charge in [0.1, 0.15) is 0 Å². The van der Waals surface area contributed by atoms with Gasteiger partial charge < -0.3 is 0 Å². The van der Waals surface area contributed by atoms with Crippen LogP contribution in [0.15, 0.2) is 35.6 Å².